The largest absolute Gasteiger partial charge is 0.354 e. The maximum atomic E-state index is 14.9. The van der Waals surface area contributed by atoms with Gasteiger partial charge in [0.1, 0.15) is 36.3 Å². The minimum atomic E-state index is -1.10. The molecule has 0 spiro atoms. The third kappa shape index (κ3) is 16.7. The van der Waals surface area contributed by atoms with E-state index in [1.54, 1.807) is 37.7 Å². The molecule has 0 aromatic heterocycles. The van der Waals surface area contributed by atoms with Crippen molar-refractivity contribution < 1.29 is 38.4 Å². The highest BCUT2D eigenvalue weighted by Gasteiger charge is 2.45. The van der Waals surface area contributed by atoms with Crippen LogP contribution in [0.1, 0.15) is 151 Å². The molecule has 4 aromatic rings. The van der Waals surface area contributed by atoms with Crippen LogP contribution in [0.15, 0.2) is 121 Å². The van der Waals surface area contributed by atoms with E-state index in [4.69, 9.17) is 0 Å². The average molecular weight is 1180 g/mol. The molecule has 8 amide bonds. The number of nitrogens with zero attached hydrogens (tertiary/aromatic N) is 2. The lowest BCUT2D eigenvalue weighted by atomic mass is 9.83. The highest BCUT2D eigenvalue weighted by Crippen LogP contribution is 2.34. The van der Waals surface area contributed by atoms with Gasteiger partial charge in [0.2, 0.25) is 47.3 Å². The third-order valence-corrected chi connectivity index (χ3v) is 18.4. The fourth-order valence-corrected chi connectivity index (χ4v) is 13.3. The molecule has 8 rings (SSSR count). The molecule has 86 heavy (non-hydrogen) atoms. The van der Waals surface area contributed by atoms with Gasteiger partial charge < -0.3 is 52.3 Å². The Hall–Kier alpha value is -7.44. The second-order valence-corrected chi connectivity index (χ2v) is 24.0. The number of unbranched alkanes of at least 4 members (excludes halogenated alkanes) is 1. The van der Waals surface area contributed by atoms with Gasteiger partial charge in [-0.1, -0.05) is 160 Å². The van der Waals surface area contributed by atoms with Crippen LogP contribution < -0.4 is 42.5 Å². The first-order valence-electron chi connectivity index (χ1n) is 31.7. The van der Waals surface area contributed by atoms with E-state index in [9.17, 15) is 38.4 Å². The maximum absolute atomic E-state index is 14.9. The number of likely N-dealkylation sites (tertiary alicyclic amines) is 2. The lowest BCUT2D eigenvalue weighted by molar-refractivity contribution is -0.143. The summed E-state index contributed by atoms with van der Waals surface area (Å²) in [6.45, 7) is 4.60. The summed E-state index contributed by atoms with van der Waals surface area (Å²) < 4.78 is 0. The van der Waals surface area contributed by atoms with Gasteiger partial charge in [-0.25, -0.2) is 0 Å². The molecule has 1 unspecified atom stereocenters. The quantitative estimate of drug-likeness (QED) is 0.0326. The fourth-order valence-electron chi connectivity index (χ4n) is 13.3. The van der Waals surface area contributed by atoms with Gasteiger partial charge in [-0.05, 0) is 126 Å². The van der Waals surface area contributed by atoms with Gasteiger partial charge >= 0.3 is 0 Å². The maximum Gasteiger partial charge on any atom is 0.246 e. The second-order valence-electron chi connectivity index (χ2n) is 24.0. The van der Waals surface area contributed by atoms with Crippen molar-refractivity contribution in [3.8, 4) is 0 Å². The summed E-state index contributed by atoms with van der Waals surface area (Å²) in [5.41, 5.74) is 3.24. The molecule has 2 heterocycles. The Kier molecular flexibility index (Phi) is 24.3. The smallest absolute Gasteiger partial charge is 0.246 e. The van der Waals surface area contributed by atoms with Crippen LogP contribution >= 0.6 is 0 Å². The molecule has 462 valence electrons. The van der Waals surface area contributed by atoms with Gasteiger partial charge in [0.05, 0.1) is 12.1 Å². The fraction of sp³-hybridized carbons (Fsp3) is 0.529. The molecule has 2 saturated carbocycles. The van der Waals surface area contributed by atoms with Crippen molar-refractivity contribution in [2.45, 2.75) is 177 Å². The monoisotopic (exact) mass is 1180 g/mol. The molecular formula is C68H92N10O8. The summed E-state index contributed by atoms with van der Waals surface area (Å²) in [6, 6.07) is 31.7. The van der Waals surface area contributed by atoms with Crippen LogP contribution in [-0.4, -0.2) is 146 Å². The number of hydrogen-bond acceptors (Lipinski definition) is 10. The van der Waals surface area contributed by atoms with Gasteiger partial charge in [-0.15, -0.1) is 0 Å². The summed E-state index contributed by atoms with van der Waals surface area (Å²) in [4.78, 5) is 119. The van der Waals surface area contributed by atoms with Crippen molar-refractivity contribution >= 4 is 47.3 Å². The lowest BCUT2D eigenvalue weighted by Crippen LogP contribution is -2.59. The number of amides is 8. The number of carbonyl (C=O) groups is 8. The lowest BCUT2D eigenvalue weighted by Gasteiger charge is -2.36. The van der Waals surface area contributed by atoms with Crippen LogP contribution in [0.4, 0.5) is 0 Å². The Morgan fingerprint density at radius 3 is 1.02 bits per heavy atom. The van der Waals surface area contributed by atoms with E-state index >= 15 is 0 Å². The number of hydrogen-bond donors (Lipinski definition) is 8. The molecule has 2 aliphatic carbocycles. The van der Waals surface area contributed by atoms with E-state index in [1.165, 1.54) is 0 Å². The first-order chi connectivity index (χ1) is 41.8. The minimum absolute atomic E-state index is 0.0602. The Morgan fingerprint density at radius 1 is 0.407 bits per heavy atom. The van der Waals surface area contributed by atoms with Crippen molar-refractivity contribution in [3.63, 3.8) is 0 Å². The Labute approximate surface area is 508 Å². The van der Waals surface area contributed by atoms with Gasteiger partial charge in [0.15, 0.2) is 0 Å². The average Bonchev–Trinajstić information content (AvgIpc) is 3.36. The molecule has 0 radical (unpaired) electrons. The van der Waals surface area contributed by atoms with Crippen molar-refractivity contribution in [2.75, 3.05) is 40.3 Å². The van der Waals surface area contributed by atoms with Gasteiger partial charge in [-0.2, -0.15) is 0 Å². The molecule has 2 saturated heterocycles. The molecule has 18 nitrogen and oxygen atoms in total. The highest BCUT2D eigenvalue weighted by atomic mass is 16.2. The standard InChI is InChI=1S/C68H92N10O8/c1-45(69-3)61(79)73-57(51-35-19-9-20-36-51)67(85)77-43-25-39-53(77)63(81)75-59(55(47-27-11-5-12-28-47)48-29-13-6-14-30-48)65(83)71-41-23-24-42-72-66(84)60(56(49-31-15-7-16-32-49)50-33-17-8-18-34-50)76-64(82)54-40-26-44-78(54)68(86)58(52-37-21-10-22-38-52)74-62(80)46(2)70-4/h5-8,11-18,27-34,45-46,51-60,69-70H,9-10,19-26,35-44H2,1-4H3,(H,71,83)(H,72,84)(H,73,79)(H,74,80)(H,75,81)(H,76,82)/t45-,46-,53-,54?,57-,58-,59-,60-/m0/s1. The Balaban J connectivity index is 0.971. The van der Waals surface area contributed by atoms with Gasteiger partial charge in [0, 0.05) is 38.0 Å². The van der Waals surface area contributed by atoms with Crippen LogP contribution in [0, 0.1) is 11.8 Å². The SMILES string of the molecule is CN[C@@H](C)C(=O)N[C@H](C(=O)N1CCCC1C(=O)N[C@H](C(=O)NCCCCNC(=O)[C@@H](NC(=O)[C@@H]1CCCN1C(=O)[C@@H](NC(=O)[C@H](C)NC)C1CCCCC1)C(c1ccccc1)c1ccccc1)C(c1ccccc1)c1ccccc1)C1CCCCC1. The van der Waals surface area contributed by atoms with Crippen molar-refractivity contribution in [1.29, 1.82) is 0 Å². The molecular weight excluding hydrogens is 1080 g/mol. The minimum Gasteiger partial charge on any atom is -0.354 e. The second kappa shape index (κ2) is 32.3. The summed E-state index contributed by atoms with van der Waals surface area (Å²) in [5.74, 6) is -4.18. The van der Waals surface area contributed by atoms with E-state index in [0.717, 1.165) is 86.5 Å². The topological polar surface area (TPSA) is 239 Å². The molecule has 8 N–H and O–H groups in total. The van der Waals surface area contributed by atoms with Crippen molar-refractivity contribution in [1.82, 2.24) is 52.3 Å². The number of carbonyl (C=O) groups excluding carboxylic acids is 8. The summed E-state index contributed by atoms with van der Waals surface area (Å²) in [7, 11) is 3.40. The third-order valence-electron chi connectivity index (χ3n) is 18.4. The zero-order chi connectivity index (χ0) is 61.0. The summed E-state index contributed by atoms with van der Waals surface area (Å²) in [5, 5.41) is 24.6. The van der Waals surface area contributed by atoms with Crippen molar-refractivity contribution in [3.05, 3.63) is 144 Å². The number of rotatable bonds is 27. The van der Waals surface area contributed by atoms with E-state index in [1.807, 2.05) is 121 Å². The number of nitrogens with one attached hydrogen (secondary N) is 8. The molecule has 18 heteroatoms. The first kappa shape index (κ1) is 64.6. The summed E-state index contributed by atoms with van der Waals surface area (Å²) in [6.07, 6.45) is 12.0. The van der Waals surface area contributed by atoms with Gasteiger partial charge in [-0.3, -0.25) is 38.4 Å². The van der Waals surface area contributed by atoms with Crippen molar-refractivity contribution in [2.24, 2.45) is 11.8 Å². The normalized spacial score (nSPS) is 19.6. The molecule has 4 aromatic carbocycles. The van der Waals surface area contributed by atoms with E-state index in [2.05, 4.69) is 42.5 Å². The van der Waals surface area contributed by atoms with E-state index in [-0.39, 0.29) is 48.6 Å². The molecule has 0 bridgehead atoms. The predicted octanol–water partition coefficient (Wildman–Crippen LogP) is 5.96. The Bertz CT molecular complexity index is 2580. The highest BCUT2D eigenvalue weighted by molar-refractivity contribution is 5.97. The molecule has 8 atom stereocenters. The predicted molar refractivity (Wildman–Crippen MR) is 332 cm³/mol. The molecule has 4 aliphatic rings. The summed E-state index contributed by atoms with van der Waals surface area (Å²) >= 11 is 0. The Morgan fingerprint density at radius 2 is 0.721 bits per heavy atom. The van der Waals surface area contributed by atoms with Crippen LogP contribution in [0.5, 0.6) is 0 Å². The van der Waals surface area contributed by atoms with Crippen LogP contribution in [0.3, 0.4) is 0 Å². The van der Waals surface area contributed by atoms with Crippen LogP contribution in [0.2, 0.25) is 0 Å². The molecule has 4 fully saturated rings. The number of benzene rings is 4. The van der Waals surface area contributed by atoms with E-state index < -0.39 is 83.8 Å². The first-order valence-corrected chi connectivity index (χ1v) is 31.7. The van der Waals surface area contributed by atoms with Gasteiger partial charge in [0.25, 0.3) is 0 Å². The number of likely N-dealkylation sites (N-methyl/N-ethyl adjacent to an activating group) is 2. The zero-order valence-corrected chi connectivity index (χ0v) is 50.8. The van der Waals surface area contributed by atoms with Crippen LogP contribution in [-0.2, 0) is 38.4 Å². The zero-order valence-electron chi connectivity index (χ0n) is 50.8. The molecule has 2 aliphatic heterocycles. The van der Waals surface area contributed by atoms with Crippen LogP contribution in [0.25, 0.3) is 0 Å². The van der Waals surface area contributed by atoms with E-state index in [0.29, 0.717) is 51.6 Å².